The van der Waals surface area contributed by atoms with Gasteiger partial charge in [0, 0.05) is 5.92 Å². The summed E-state index contributed by atoms with van der Waals surface area (Å²) in [5.41, 5.74) is -1.69. The molecule has 9 atom stereocenters. The Kier molecular flexibility index (Phi) is 3.49. The first-order valence-corrected chi connectivity index (χ1v) is 9.46. The summed E-state index contributed by atoms with van der Waals surface area (Å²) < 4.78 is 0. The molecule has 2 bridgehead atoms. The maximum atomic E-state index is 13.2. The number of Topliss-reactive ketones (excluding diaryl/α,β-unsaturated/α-hetero) is 1. The third-order valence-electron chi connectivity index (χ3n) is 8.70. The zero-order chi connectivity index (χ0) is 18.5. The molecule has 4 N–H and O–H groups in total. The minimum Gasteiger partial charge on any atom is -0.393 e. The Labute approximate surface area is 148 Å². The molecule has 0 radical (unpaired) electrons. The second kappa shape index (κ2) is 4.94. The number of carbonyl (C=O) groups is 1. The molecular formula is C20H30O5. The van der Waals surface area contributed by atoms with Crippen molar-refractivity contribution in [2.75, 3.05) is 0 Å². The third-order valence-corrected chi connectivity index (χ3v) is 8.70. The summed E-state index contributed by atoms with van der Waals surface area (Å²) in [6.07, 6.45) is -1.19. The van der Waals surface area contributed by atoms with Crippen LogP contribution in [0.25, 0.3) is 0 Å². The molecule has 25 heavy (non-hydrogen) atoms. The molecule has 0 aromatic heterocycles. The maximum Gasteiger partial charge on any atom is 0.170 e. The van der Waals surface area contributed by atoms with E-state index in [4.69, 9.17) is 0 Å². The first-order chi connectivity index (χ1) is 11.5. The highest BCUT2D eigenvalue weighted by Crippen LogP contribution is 2.70. The SMILES string of the molecule is C=C1C(=O)[C@@]23[C@H](O)C[C@@H]4C(C)(C)[C@H](O)CC[C@@]4(C)[C@@H]2C[C@H](O)[C@@H]1[C@H]3O. The number of hydrogen-bond acceptors (Lipinski definition) is 5. The van der Waals surface area contributed by atoms with E-state index < -0.39 is 35.7 Å². The number of carbonyl (C=O) groups excluding carboxylic acids is 1. The summed E-state index contributed by atoms with van der Waals surface area (Å²) in [4.78, 5) is 13.2. The molecule has 1 spiro atoms. The Balaban J connectivity index is 1.89. The Morgan fingerprint density at radius 2 is 1.64 bits per heavy atom. The van der Waals surface area contributed by atoms with Crippen LogP contribution in [0.4, 0.5) is 0 Å². The van der Waals surface area contributed by atoms with E-state index in [2.05, 4.69) is 13.5 Å². The van der Waals surface area contributed by atoms with Crippen molar-refractivity contribution in [2.24, 2.45) is 34.0 Å². The Morgan fingerprint density at radius 1 is 1.00 bits per heavy atom. The van der Waals surface area contributed by atoms with Gasteiger partial charge in [0.05, 0.1) is 29.8 Å². The van der Waals surface area contributed by atoms with Crippen LogP contribution in [0, 0.1) is 34.0 Å². The second-order valence-corrected chi connectivity index (χ2v) is 9.80. The lowest BCUT2D eigenvalue weighted by Crippen LogP contribution is -2.69. The van der Waals surface area contributed by atoms with E-state index >= 15 is 0 Å². The van der Waals surface area contributed by atoms with Gasteiger partial charge in [0.25, 0.3) is 0 Å². The largest absolute Gasteiger partial charge is 0.393 e. The normalized spacial score (nSPS) is 57.2. The van der Waals surface area contributed by atoms with Crippen molar-refractivity contribution in [1.29, 1.82) is 0 Å². The van der Waals surface area contributed by atoms with E-state index in [1.54, 1.807) is 0 Å². The van der Waals surface area contributed by atoms with Gasteiger partial charge in [-0.2, -0.15) is 0 Å². The molecule has 5 heteroatoms. The van der Waals surface area contributed by atoms with Crippen LogP contribution in [0.5, 0.6) is 0 Å². The van der Waals surface area contributed by atoms with Gasteiger partial charge in [0.1, 0.15) is 0 Å². The molecule has 4 aliphatic rings. The van der Waals surface area contributed by atoms with Gasteiger partial charge in [-0.1, -0.05) is 27.4 Å². The Bertz CT molecular complexity index is 642. The van der Waals surface area contributed by atoms with Crippen molar-refractivity contribution >= 4 is 5.78 Å². The molecule has 0 aromatic carbocycles. The van der Waals surface area contributed by atoms with E-state index in [0.717, 1.165) is 6.42 Å². The molecule has 5 nitrogen and oxygen atoms in total. The molecular weight excluding hydrogens is 320 g/mol. The molecule has 4 aliphatic carbocycles. The Morgan fingerprint density at radius 3 is 2.28 bits per heavy atom. The van der Waals surface area contributed by atoms with Gasteiger partial charge >= 0.3 is 0 Å². The fourth-order valence-corrected chi connectivity index (χ4v) is 7.32. The lowest BCUT2D eigenvalue weighted by Gasteiger charge is -2.66. The van der Waals surface area contributed by atoms with Gasteiger partial charge in [0.2, 0.25) is 0 Å². The topological polar surface area (TPSA) is 98.0 Å². The third kappa shape index (κ3) is 1.76. The molecule has 0 amide bonds. The van der Waals surface area contributed by atoms with Crippen molar-refractivity contribution in [2.45, 2.75) is 70.9 Å². The number of rotatable bonds is 0. The van der Waals surface area contributed by atoms with Gasteiger partial charge in [-0.3, -0.25) is 4.79 Å². The van der Waals surface area contributed by atoms with Crippen LogP contribution in [-0.2, 0) is 4.79 Å². The quantitative estimate of drug-likeness (QED) is 0.489. The number of aliphatic hydroxyl groups excluding tert-OH is 4. The first kappa shape index (κ1) is 17.7. The minimum absolute atomic E-state index is 0.0204. The summed E-state index contributed by atoms with van der Waals surface area (Å²) in [5.74, 6) is -1.22. The van der Waals surface area contributed by atoms with Crippen molar-refractivity contribution in [1.82, 2.24) is 0 Å². The average molecular weight is 350 g/mol. The van der Waals surface area contributed by atoms with Crippen LogP contribution in [0.3, 0.4) is 0 Å². The molecule has 140 valence electrons. The fraction of sp³-hybridized carbons (Fsp3) is 0.850. The van der Waals surface area contributed by atoms with Gasteiger partial charge in [0.15, 0.2) is 5.78 Å². The molecule has 0 aliphatic heterocycles. The minimum atomic E-state index is -1.25. The molecule has 4 saturated carbocycles. The summed E-state index contributed by atoms with van der Waals surface area (Å²) in [6, 6.07) is 0. The highest BCUT2D eigenvalue weighted by Gasteiger charge is 2.75. The van der Waals surface area contributed by atoms with Crippen molar-refractivity contribution in [3.8, 4) is 0 Å². The number of hydrogen-bond donors (Lipinski definition) is 4. The number of aliphatic hydroxyl groups is 4. The van der Waals surface area contributed by atoms with Gasteiger partial charge in [-0.25, -0.2) is 0 Å². The van der Waals surface area contributed by atoms with Gasteiger partial charge < -0.3 is 20.4 Å². The average Bonchev–Trinajstić information content (AvgIpc) is 2.66. The van der Waals surface area contributed by atoms with E-state index in [9.17, 15) is 25.2 Å². The molecule has 0 unspecified atom stereocenters. The summed E-state index contributed by atoms with van der Waals surface area (Å²) >= 11 is 0. The van der Waals surface area contributed by atoms with Crippen molar-refractivity contribution in [3.05, 3.63) is 12.2 Å². The molecule has 0 heterocycles. The van der Waals surface area contributed by atoms with Gasteiger partial charge in [-0.15, -0.1) is 0 Å². The standard InChI is InChI=1S/C20H30O5/c1-9-15-10(21)7-12-19(4)6-5-13(22)18(2,3)11(19)8-14(23)20(12,16(9)24)17(15)25/h10-15,17,21-23,25H,1,5-8H2,2-4H3/t10-,11+,12-,13+,14+,15+,17+,19+,20-/m0/s1. The molecule has 4 rings (SSSR count). The second-order valence-electron chi connectivity index (χ2n) is 9.80. The van der Waals surface area contributed by atoms with Crippen LogP contribution in [-0.4, -0.2) is 50.6 Å². The predicted octanol–water partition coefficient (Wildman–Crippen LogP) is 1.04. The van der Waals surface area contributed by atoms with E-state index in [1.807, 2.05) is 13.8 Å². The summed E-state index contributed by atoms with van der Waals surface area (Å²) in [5, 5.41) is 43.3. The zero-order valence-electron chi connectivity index (χ0n) is 15.3. The number of fused-ring (bicyclic) bond motifs is 3. The van der Waals surface area contributed by atoms with Gasteiger partial charge in [-0.05, 0) is 53.9 Å². The zero-order valence-corrected chi connectivity index (χ0v) is 15.3. The van der Waals surface area contributed by atoms with Crippen LogP contribution in [0.1, 0.15) is 46.5 Å². The fourth-order valence-electron chi connectivity index (χ4n) is 7.32. The van der Waals surface area contributed by atoms with Crippen LogP contribution in [0.2, 0.25) is 0 Å². The van der Waals surface area contributed by atoms with E-state index in [1.165, 1.54) is 0 Å². The summed E-state index contributed by atoms with van der Waals surface area (Å²) in [6.45, 7) is 10.0. The smallest absolute Gasteiger partial charge is 0.170 e. The van der Waals surface area contributed by atoms with E-state index in [0.29, 0.717) is 19.3 Å². The number of ketones is 1. The van der Waals surface area contributed by atoms with Crippen molar-refractivity contribution < 1.29 is 25.2 Å². The van der Waals surface area contributed by atoms with E-state index in [-0.39, 0.29) is 34.0 Å². The van der Waals surface area contributed by atoms with Crippen LogP contribution in [0.15, 0.2) is 12.2 Å². The highest BCUT2D eigenvalue weighted by molar-refractivity contribution is 6.04. The monoisotopic (exact) mass is 350 g/mol. The van der Waals surface area contributed by atoms with Crippen LogP contribution >= 0.6 is 0 Å². The lowest BCUT2D eigenvalue weighted by atomic mass is 9.39. The molecule has 0 saturated heterocycles. The molecule has 0 aromatic rings. The predicted molar refractivity (Wildman–Crippen MR) is 91.4 cm³/mol. The lowest BCUT2D eigenvalue weighted by molar-refractivity contribution is -0.249. The molecule has 4 fully saturated rings. The summed E-state index contributed by atoms with van der Waals surface area (Å²) in [7, 11) is 0. The first-order valence-electron chi connectivity index (χ1n) is 9.46. The maximum absolute atomic E-state index is 13.2. The highest BCUT2D eigenvalue weighted by atomic mass is 16.3. The van der Waals surface area contributed by atoms with Crippen molar-refractivity contribution in [3.63, 3.8) is 0 Å². The van der Waals surface area contributed by atoms with Crippen LogP contribution < -0.4 is 0 Å². The Hall–Kier alpha value is -0.750.